The predicted octanol–water partition coefficient (Wildman–Crippen LogP) is 1.29. The number of carboxylic acid groups (broad SMARTS) is 1. The molecule has 17 heavy (non-hydrogen) atoms. The van der Waals surface area contributed by atoms with Crippen LogP contribution in [-0.2, 0) is 4.79 Å². The lowest BCUT2D eigenvalue weighted by Gasteiger charge is -2.06. The highest BCUT2D eigenvalue weighted by molar-refractivity contribution is 6.01. The van der Waals surface area contributed by atoms with Crippen LogP contribution >= 0.6 is 0 Å². The molecule has 2 rings (SSSR count). The van der Waals surface area contributed by atoms with Gasteiger partial charge in [-0.05, 0) is 18.2 Å². The topological polar surface area (TPSA) is 92.2 Å². The van der Waals surface area contributed by atoms with Crippen molar-refractivity contribution in [3.8, 4) is 0 Å². The Morgan fingerprint density at radius 1 is 1.41 bits per heavy atom. The van der Waals surface area contributed by atoms with Gasteiger partial charge in [0.2, 0.25) is 5.91 Å². The lowest BCUT2D eigenvalue weighted by molar-refractivity contribution is -0.114. The van der Waals surface area contributed by atoms with Crippen LogP contribution in [0.2, 0.25) is 0 Å². The first-order valence-corrected chi connectivity index (χ1v) is 4.84. The molecule has 2 heterocycles. The lowest BCUT2D eigenvalue weighted by Crippen LogP contribution is -2.12. The molecule has 0 saturated carbocycles. The molecule has 6 heteroatoms. The smallest absolute Gasteiger partial charge is 0.339 e. The van der Waals surface area contributed by atoms with E-state index >= 15 is 0 Å². The summed E-state index contributed by atoms with van der Waals surface area (Å²) in [5.41, 5.74) is 0.335. The van der Waals surface area contributed by atoms with E-state index in [9.17, 15) is 9.59 Å². The fourth-order valence-corrected chi connectivity index (χ4v) is 1.43. The van der Waals surface area contributed by atoms with Gasteiger partial charge >= 0.3 is 5.97 Å². The minimum atomic E-state index is -1.15. The van der Waals surface area contributed by atoms with E-state index < -0.39 is 5.97 Å². The SMILES string of the molecule is CC(=O)Nc1nc2ncccc2cc1C(=O)O. The van der Waals surface area contributed by atoms with Crippen molar-refractivity contribution in [2.24, 2.45) is 0 Å². The Morgan fingerprint density at radius 3 is 2.82 bits per heavy atom. The van der Waals surface area contributed by atoms with Gasteiger partial charge in [0, 0.05) is 18.5 Å². The van der Waals surface area contributed by atoms with Gasteiger partial charge in [0.05, 0.1) is 0 Å². The van der Waals surface area contributed by atoms with Crippen LogP contribution in [0.3, 0.4) is 0 Å². The monoisotopic (exact) mass is 231 g/mol. The Morgan fingerprint density at radius 2 is 2.18 bits per heavy atom. The van der Waals surface area contributed by atoms with E-state index in [0.29, 0.717) is 11.0 Å². The molecule has 0 unspecified atom stereocenters. The number of hydrogen-bond acceptors (Lipinski definition) is 4. The van der Waals surface area contributed by atoms with Crippen molar-refractivity contribution < 1.29 is 14.7 Å². The van der Waals surface area contributed by atoms with Crippen LogP contribution in [0.15, 0.2) is 24.4 Å². The zero-order valence-corrected chi connectivity index (χ0v) is 8.97. The maximum Gasteiger partial charge on any atom is 0.339 e. The molecule has 1 amide bonds. The zero-order chi connectivity index (χ0) is 12.4. The van der Waals surface area contributed by atoms with Crippen LogP contribution in [0.25, 0.3) is 11.0 Å². The van der Waals surface area contributed by atoms with Gasteiger partial charge in [-0.1, -0.05) is 0 Å². The molecule has 0 saturated heterocycles. The number of carboxylic acids is 1. The first-order chi connectivity index (χ1) is 8.08. The second-order valence-corrected chi connectivity index (χ2v) is 3.42. The lowest BCUT2D eigenvalue weighted by atomic mass is 10.2. The van der Waals surface area contributed by atoms with Crippen molar-refractivity contribution in [2.75, 3.05) is 5.32 Å². The van der Waals surface area contributed by atoms with E-state index in [4.69, 9.17) is 5.11 Å². The molecule has 6 nitrogen and oxygen atoms in total. The Labute approximate surface area is 96.3 Å². The molecule has 86 valence electrons. The van der Waals surface area contributed by atoms with Gasteiger partial charge in [-0.3, -0.25) is 4.79 Å². The molecule has 0 atom stereocenters. The average Bonchev–Trinajstić information content (AvgIpc) is 2.27. The molecular weight excluding hydrogens is 222 g/mol. The third kappa shape index (κ3) is 2.20. The maximum atomic E-state index is 11.0. The van der Waals surface area contributed by atoms with E-state index in [-0.39, 0.29) is 17.3 Å². The molecule has 0 spiro atoms. The van der Waals surface area contributed by atoms with E-state index in [1.807, 2.05) is 0 Å². The Kier molecular flexibility index (Phi) is 2.70. The summed E-state index contributed by atoms with van der Waals surface area (Å²) in [6.45, 7) is 1.29. The van der Waals surface area contributed by atoms with Gasteiger partial charge in [0.15, 0.2) is 5.65 Å². The minimum absolute atomic E-state index is 0.0104. The fraction of sp³-hybridized carbons (Fsp3) is 0.0909. The number of carbonyl (C=O) groups excluding carboxylic acids is 1. The minimum Gasteiger partial charge on any atom is -0.478 e. The van der Waals surface area contributed by atoms with Crippen molar-refractivity contribution in [2.45, 2.75) is 6.92 Å². The van der Waals surface area contributed by atoms with Crippen molar-refractivity contribution in [1.82, 2.24) is 9.97 Å². The second kappa shape index (κ2) is 4.17. The summed E-state index contributed by atoms with van der Waals surface area (Å²) in [5, 5.41) is 12.0. The van der Waals surface area contributed by atoms with E-state index in [1.54, 1.807) is 18.3 Å². The number of nitrogens with one attached hydrogen (secondary N) is 1. The fourth-order valence-electron chi connectivity index (χ4n) is 1.43. The number of pyridine rings is 2. The maximum absolute atomic E-state index is 11.0. The summed E-state index contributed by atoms with van der Waals surface area (Å²) in [4.78, 5) is 30.0. The molecule has 0 bridgehead atoms. The number of hydrogen-bond donors (Lipinski definition) is 2. The molecular formula is C11H9N3O3. The van der Waals surface area contributed by atoms with Crippen LogP contribution in [0.5, 0.6) is 0 Å². The van der Waals surface area contributed by atoms with Crippen molar-refractivity contribution >= 4 is 28.7 Å². The second-order valence-electron chi connectivity index (χ2n) is 3.42. The highest BCUT2D eigenvalue weighted by atomic mass is 16.4. The third-order valence-electron chi connectivity index (χ3n) is 2.11. The zero-order valence-electron chi connectivity index (χ0n) is 8.97. The molecule has 0 aliphatic heterocycles. The molecule has 0 fully saturated rings. The van der Waals surface area contributed by atoms with Gasteiger partial charge in [-0.25, -0.2) is 14.8 Å². The molecule has 0 aliphatic rings. The van der Waals surface area contributed by atoms with E-state index in [1.165, 1.54) is 13.0 Å². The molecule has 0 aliphatic carbocycles. The van der Waals surface area contributed by atoms with Gasteiger partial charge in [0.1, 0.15) is 11.4 Å². The number of carbonyl (C=O) groups is 2. The quantitative estimate of drug-likeness (QED) is 0.812. The number of amides is 1. The number of aromatic carboxylic acids is 1. The van der Waals surface area contributed by atoms with Gasteiger partial charge < -0.3 is 10.4 Å². The normalized spacial score (nSPS) is 10.2. The van der Waals surface area contributed by atoms with Crippen LogP contribution in [0.1, 0.15) is 17.3 Å². The number of rotatable bonds is 2. The van der Waals surface area contributed by atoms with Crippen molar-refractivity contribution in [3.63, 3.8) is 0 Å². The molecule has 0 aromatic carbocycles. The van der Waals surface area contributed by atoms with Crippen LogP contribution in [0, 0.1) is 0 Å². The first-order valence-electron chi connectivity index (χ1n) is 4.84. The molecule has 2 aromatic rings. The standard InChI is InChI=1S/C11H9N3O3/c1-6(15)13-10-8(11(16)17)5-7-3-2-4-12-9(7)14-10/h2-5H,1H3,(H,16,17)(H,12,13,14,15). The van der Waals surface area contributed by atoms with Crippen molar-refractivity contribution in [1.29, 1.82) is 0 Å². The number of aromatic nitrogens is 2. The molecule has 0 radical (unpaired) electrons. The Balaban J connectivity index is 2.66. The van der Waals surface area contributed by atoms with Crippen LogP contribution in [-0.4, -0.2) is 27.0 Å². The summed E-state index contributed by atoms with van der Waals surface area (Å²) in [7, 11) is 0. The molecule has 2 N–H and O–H groups in total. The summed E-state index contributed by atoms with van der Waals surface area (Å²) >= 11 is 0. The third-order valence-corrected chi connectivity index (χ3v) is 2.11. The molecule has 2 aromatic heterocycles. The number of anilines is 1. The van der Waals surface area contributed by atoms with Crippen LogP contribution < -0.4 is 5.32 Å². The summed E-state index contributed by atoms with van der Waals surface area (Å²) in [5.74, 6) is -1.52. The highest BCUT2D eigenvalue weighted by Gasteiger charge is 2.14. The largest absolute Gasteiger partial charge is 0.478 e. The van der Waals surface area contributed by atoms with E-state index in [2.05, 4.69) is 15.3 Å². The Hall–Kier alpha value is -2.50. The van der Waals surface area contributed by atoms with Crippen LogP contribution in [0.4, 0.5) is 5.82 Å². The predicted molar refractivity (Wildman–Crippen MR) is 60.8 cm³/mol. The number of nitrogens with zero attached hydrogens (tertiary/aromatic N) is 2. The van der Waals surface area contributed by atoms with Gasteiger partial charge in [-0.15, -0.1) is 0 Å². The summed E-state index contributed by atoms with van der Waals surface area (Å²) < 4.78 is 0. The Bertz CT molecular complexity index is 610. The highest BCUT2D eigenvalue weighted by Crippen LogP contribution is 2.18. The average molecular weight is 231 g/mol. The summed E-state index contributed by atoms with van der Waals surface area (Å²) in [6.07, 6.45) is 1.55. The van der Waals surface area contributed by atoms with Gasteiger partial charge in [-0.2, -0.15) is 0 Å². The van der Waals surface area contributed by atoms with E-state index in [0.717, 1.165) is 0 Å². The van der Waals surface area contributed by atoms with Crippen molar-refractivity contribution in [3.05, 3.63) is 30.0 Å². The first kappa shape index (κ1) is 11.0. The number of fused-ring (bicyclic) bond motifs is 1. The van der Waals surface area contributed by atoms with Gasteiger partial charge in [0.25, 0.3) is 0 Å². The summed E-state index contributed by atoms with van der Waals surface area (Å²) in [6, 6.07) is 4.83.